The number of hydrogen-bond donors (Lipinski definition) is 1. The van der Waals surface area contributed by atoms with Crippen molar-refractivity contribution in [3.8, 4) is 5.75 Å². The Kier molecular flexibility index (Phi) is 10.8. The molecular weight excluding hydrogens is 311 g/mol. The summed E-state index contributed by atoms with van der Waals surface area (Å²) in [5.41, 5.74) is 0. The first kappa shape index (κ1) is 20.5. The van der Waals surface area contributed by atoms with Crippen molar-refractivity contribution in [2.24, 2.45) is 0 Å². The average Bonchev–Trinajstić information content (AvgIpc) is 2.47. The van der Waals surface area contributed by atoms with Gasteiger partial charge in [-0.1, -0.05) is 25.1 Å². The summed E-state index contributed by atoms with van der Waals surface area (Å²) in [6.07, 6.45) is -0.423. The number of benzene rings is 1. The molecule has 0 aliphatic carbocycles. The molecule has 0 saturated carbocycles. The van der Waals surface area contributed by atoms with Gasteiger partial charge in [0.25, 0.3) is 0 Å². The summed E-state index contributed by atoms with van der Waals surface area (Å²) in [5, 5.41) is 10.0. The molecule has 1 heterocycles. The Bertz CT molecular complexity index is 360. The van der Waals surface area contributed by atoms with E-state index in [1.54, 1.807) is 0 Å². The molecule has 0 spiro atoms. The van der Waals surface area contributed by atoms with Gasteiger partial charge in [-0.15, -0.1) is 24.8 Å². The number of nitrogens with zero attached hydrogens (tertiary/aromatic N) is 2. The molecule has 122 valence electrons. The molecule has 0 bridgehead atoms. The number of aliphatic hydroxyl groups is 1. The van der Waals surface area contributed by atoms with Crippen molar-refractivity contribution in [2.75, 3.05) is 45.9 Å². The topological polar surface area (TPSA) is 35.9 Å². The summed E-state index contributed by atoms with van der Waals surface area (Å²) in [6, 6.07) is 9.65. The van der Waals surface area contributed by atoms with E-state index in [4.69, 9.17) is 4.74 Å². The zero-order valence-electron chi connectivity index (χ0n) is 12.5. The van der Waals surface area contributed by atoms with Crippen LogP contribution in [0.25, 0.3) is 0 Å². The Labute approximate surface area is 139 Å². The van der Waals surface area contributed by atoms with E-state index in [0.717, 1.165) is 38.5 Å². The summed E-state index contributed by atoms with van der Waals surface area (Å²) < 4.78 is 5.56. The fraction of sp³-hybridized carbons (Fsp3) is 0.600. The van der Waals surface area contributed by atoms with Crippen LogP contribution in [-0.4, -0.2) is 66.9 Å². The maximum Gasteiger partial charge on any atom is 0.119 e. The highest BCUT2D eigenvalue weighted by atomic mass is 35.5. The van der Waals surface area contributed by atoms with Gasteiger partial charge in [-0.2, -0.15) is 0 Å². The van der Waals surface area contributed by atoms with Crippen LogP contribution in [-0.2, 0) is 0 Å². The molecular formula is C15H26Cl2N2O2. The van der Waals surface area contributed by atoms with Crippen LogP contribution in [0, 0.1) is 0 Å². The smallest absolute Gasteiger partial charge is 0.119 e. The third-order valence-electron chi connectivity index (χ3n) is 3.57. The van der Waals surface area contributed by atoms with Gasteiger partial charge in [-0.25, -0.2) is 0 Å². The fourth-order valence-electron chi connectivity index (χ4n) is 2.35. The fourth-order valence-corrected chi connectivity index (χ4v) is 2.35. The standard InChI is InChI=1S/C15H24N2O2.2ClH/c1-2-16-8-10-17(11-9-16)12-14(18)13-19-15-6-4-3-5-7-15;;/h3-7,14,18H,2,8-13H2,1H3;2*1H. The summed E-state index contributed by atoms with van der Waals surface area (Å²) >= 11 is 0. The lowest BCUT2D eigenvalue weighted by atomic mass is 10.2. The van der Waals surface area contributed by atoms with Crippen molar-refractivity contribution in [1.29, 1.82) is 0 Å². The van der Waals surface area contributed by atoms with Crippen LogP contribution in [0.4, 0.5) is 0 Å². The van der Waals surface area contributed by atoms with Crippen molar-refractivity contribution in [3.63, 3.8) is 0 Å². The van der Waals surface area contributed by atoms with Crippen molar-refractivity contribution < 1.29 is 9.84 Å². The van der Waals surface area contributed by atoms with E-state index in [1.165, 1.54) is 0 Å². The molecule has 1 N–H and O–H groups in total. The maximum atomic E-state index is 10.0. The van der Waals surface area contributed by atoms with Crippen LogP contribution >= 0.6 is 24.8 Å². The van der Waals surface area contributed by atoms with Gasteiger partial charge >= 0.3 is 0 Å². The lowest BCUT2D eigenvalue weighted by molar-refractivity contribution is 0.0471. The van der Waals surface area contributed by atoms with Gasteiger partial charge in [-0.05, 0) is 18.7 Å². The first-order chi connectivity index (χ1) is 9.28. The van der Waals surface area contributed by atoms with E-state index in [1.807, 2.05) is 30.3 Å². The highest BCUT2D eigenvalue weighted by molar-refractivity contribution is 5.85. The van der Waals surface area contributed by atoms with Crippen molar-refractivity contribution in [3.05, 3.63) is 30.3 Å². The number of ether oxygens (including phenoxy) is 1. The molecule has 1 aromatic rings. The summed E-state index contributed by atoms with van der Waals surface area (Å²) in [4.78, 5) is 4.74. The second kappa shape index (κ2) is 11.1. The summed E-state index contributed by atoms with van der Waals surface area (Å²) in [7, 11) is 0. The van der Waals surface area contributed by atoms with Crippen LogP contribution < -0.4 is 4.74 Å². The highest BCUT2D eigenvalue weighted by Crippen LogP contribution is 2.09. The minimum Gasteiger partial charge on any atom is -0.491 e. The molecule has 0 aromatic heterocycles. The van der Waals surface area contributed by atoms with Gasteiger partial charge in [-0.3, -0.25) is 4.90 Å². The highest BCUT2D eigenvalue weighted by Gasteiger charge is 2.18. The van der Waals surface area contributed by atoms with Gasteiger partial charge in [0.05, 0.1) is 0 Å². The zero-order valence-corrected chi connectivity index (χ0v) is 14.1. The van der Waals surface area contributed by atoms with Gasteiger partial charge in [0.15, 0.2) is 0 Å². The number of halogens is 2. The lowest BCUT2D eigenvalue weighted by Crippen LogP contribution is -2.49. The lowest BCUT2D eigenvalue weighted by Gasteiger charge is -2.34. The van der Waals surface area contributed by atoms with Crippen molar-refractivity contribution in [2.45, 2.75) is 13.0 Å². The number of piperazine rings is 1. The van der Waals surface area contributed by atoms with E-state index in [2.05, 4.69) is 16.7 Å². The molecule has 6 heteroatoms. The normalized spacial score (nSPS) is 17.4. The Morgan fingerprint density at radius 3 is 2.19 bits per heavy atom. The third-order valence-corrected chi connectivity index (χ3v) is 3.57. The number of hydrogen-bond acceptors (Lipinski definition) is 4. The molecule has 4 nitrogen and oxygen atoms in total. The first-order valence-corrected chi connectivity index (χ1v) is 7.08. The molecule has 1 unspecified atom stereocenters. The molecule has 21 heavy (non-hydrogen) atoms. The molecule has 0 radical (unpaired) electrons. The van der Waals surface area contributed by atoms with Crippen LogP contribution in [0.15, 0.2) is 30.3 Å². The van der Waals surface area contributed by atoms with Crippen molar-refractivity contribution in [1.82, 2.24) is 9.80 Å². The quantitative estimate of drug-likeness (QED) is 0.860. The second-order valence-electron chi connectivity index (χ2n) is 5.01. The van der Waals surface area contributed by atoms with Gasteiger partial charge in [0.2, 0.25) is 0 Å². The van der Waals surface area contributed by atoms with Gasteiger partial charge < -0.3 is 14.7 Å². The molecule has 1 aromatic carbocycles. The van der Waals surface area contributed by atoms with E-state index < -0.39 is 6.10 Å². The average molecular weight is 337 g/mol. The SMILES string of the molecule is CCN1CCN(CC(O)COc2ccccc2)CC1.Cl.Cl. The van der Waals surface area contributed by atoms with Crippen molar-refractivity contribution >= 4 is 24.8 Å². The number of likely N-dealkylation sites (N-methyl/N-ethyl adjacent to an activating group) is 1. The number of aliphatic hydroxyl groups excluding tert-OH is 1. The van der Waals surface area contributed by atoms with Crippen LogP contribution in [0.1, 0.15) is 6.92 Å². The first-order valence-electron chi connectivity index (χ1n) is 7.08. The van der Waals surface area contributed by atoms with E-state index in [9.17, 15) is 5.11 Å². The van der Waals surface area contributed by atoms with Crippen LogP contribution in [0.5, 0.6) is 5.75 Å². The van der Waals surface area contributed by atoms with Gasteiger partial charge in [0, 0.05) is 32.7 Å². The Balaban J connectivity index is 0.00000200. The molecule has 1 aliphatic heterocycles. The predicted octanol–water partition coefficient (Wildman–Crippen LogP) is 1.91. The number of β-amino-alcohol motifs (C(OH)–C–C–N with tert-alkyl or cyclic N) is 1. The molecule has 1 atom stereocenters. The predicted molar refractivity (Wildman–Crippen MR) is 91.0 cm³/mol. The maximum absolute atomic E-state index is 10.0. The molecule has 1 saturated heterocycles. The van der Waals surface area contributed by atoms with E-state index in [-0.39, 0.29) is 24.8 Å². The third kappa shape index (κ3) is 7.34. The number of para-hydroxylation sites is 1. The monoisotopic (exact) mass is 336 g/mol. The number of rotatable bonds is 6. The molecule has 1 fully saturated rings. The minimum atomic E-state index is -0.423. The zero-order chi connectivity index (χ0) is 13.5. The van der Waals surface area contributed by atoms with Gasteiger partial charge in [0.1, 0.15) is 18.5 Å². The van der Waals surface area contributed by atoms with Crippen LogP contribution in [0.3, 0.4) is 0 Å². The Morgan fingerprint density at radius 1 is 1.05 bits per heavy atom. The largest absolute Gasteiger partial charge is 0.491 e. The Hall–Kier alpha value is -0.520. The van der Waals surface area contributed by atoms with E-state index in [0.29, 0.717) is 13.2 Å². The minimum absolute atomic E-state index is 0. The molecule has 2 rings (SSSR count). The molecule has 1 aliphatic rings. The second-order valence-corrected chi connectivity index (χ2v) is 5.01. The molecule has 0 amide bonds. The van der Waals surface area contributed by atoms with Crippen LogP contribution in [0.2, 0.25) is 0 Å². The summed E-state index contributed by atoms with van der Waals surface area (Å²) in [6.45, 7) is 8.64. The Morgan fingerprint density at radius 2 is 1.62 bits per heavy atom. The van der Waals surface area contributed by atoms with E-state index >= 15 is 0 Å². The summed E-state index contributed by atoms with van der Waals surface area (Å²) in [5.74, 6) is 0.817.